The second-order valence-corrected chi connectivity index (χ2v) is 5.76. The number of benzene rings is 2. The molecule has 7 heteroatoms. The van der Waals surface area contributed by atoms with Crippen molar-refractivity contribution < 1.29 is 14.3 Å². The number of rotatable bonds is 8. The van der Waals surface area contributed by atoms with Crippen LogP contribution in [-0.2, 0) is 0 Å². The van der Waals surface area contributed by atoms with Crippen LogP contribution in [0.1, 0.15) is 13.3 Å². The van der Waals surface area contributed by atoms with Gasteiger partial charge in [0, 0.05) is 25.3 Å². The van der Waals surface area contributed by atoms with Crippen molar-refractivity contribution in [3.63, 3.8) is 0 Å². The largest absolute Gasteiger partial charge is 0.495 e. The van der Waals surface area contributed by atoms with Gasteiger partial charge < -0.3 is 20.7 Å². The van der Waals surface area contributed by atoms with Crippen LogP contribution in [0.4, 0.5) is 21.0 Å². The lowest BCUT2D eigenvalue weighted by Crippen LogP contribution is -2.39. The van der Waals surface area contributed by atoms with Crippen LogP contribution in [0.5, 0.6) is 5.75 Å². The molecule has 2 aromatic rings. The molecule has 0 atom stereocenters. The number of ether oxygens (including phenoxy) is 1. The van der Waals surface area contributed by atoms with E-state index in [9.17, 15) is 9.59 Å². The first kappa shape index (κ1) is 20.1. The highest BCUT2D eigenvalue weighted by molar-refractivity contribution is 6.02. The average Bonchev–Trinajstić information content (AvgIpc) is 2.69. The van der Waals surface area contributed by atoms with E-state index in [1.54, 1.807) is 24.1 Å². The zero-order valence-electron chi connectivity index (χ0n) is 15.7. The minimum Gasteiger partial charge on any atom is -0.495 e. The van der Waals surface area contributed by atoms with Gasteiger partial charge in [0.25, 0.3) is 0 Å². The fraction of sp³-hybridized carbons (Fsp3) is 0.300. The Morgan fingerprint density at radius 1 is 1.00 bits per heavy atom. The van der Waals surface area contributed by atoms with Crippen LogP contribution in [0.25, 0.3) is 0 Å². The van der Waals surface area contributed by atoms with Gasteiger partial charge in [-0.1, -0.05) is 30.3 Å². The minimum atomic E-state index is -0.260. The van der Waals surface area contributed by atoms with Crippen molar-refractivity contribution in [3.8, 4) is 5.75 Å². The van der Waals surface area contributed by atoms with Gasteiger partial charge in [0.2, 0.25) is 0 Å². The molecule has 0 unspecified atom stereocenters. The SMILES string of the molecule is CCNC(=O)NCCCN(C(=O)Nc1ccccc1OC)c1ccccc1. The smallest absolute Gasteiger partial charge is 0.326 e. The zero-order valence-corrected chi connectivity index (χ0v) is 15.7. The Hall–Kier alpha value is -3.22. The second-order valence-electron chi connectivity index (χ2n) is 5.76. The third-order valence-electron chi connectivity index (χ3n) is 3.84. The topological polar surface area (TPSA) is 82.7 Å². The molecule has 0 spiro atoms. The van der Waals surface area contributed by atoms with Crippen molar-refractivity contribution in [3.05, 3.63) is 54.6 Å². The quantitative estimate of drug-likeness (QED) is 0.623. The summed E-state index contributed by atoms with van der Waals surface area (Å²) in [6, 6.07) is 16.2. The second kappa shape index (κ2) is 10.7. The summed E-state index contributed by atoms with van der Waals surface area (Å²) in [6.45, 7) is 3.36. The Morgan fingerprint density at radius 3 is 2.41 bits per heavy atom. The Kier molecular flexibility index (Phi) is 7.96. The number of anilines is 2. The molecule has 7 nitrogen and oxygen atoms in total. The molecule has 3 N–H and O–H groups in total. The van der Waals surface area contributed by atoms with E-state index in [0.29, 0.717) is 37.5 Å². The highest BCUT2D eigenvalue weighted by Gasteiger charge is 2.17. The van der Waals surface area contributed by atoms with Crippen LogP contribution >= 0.6 is 0 Å². The van der Waals surface area contributed by atoms with Crippen molar-refractivity contribution in [1.29, 1.82) is 0 Å². The summed E-state index contributed by atoms with van der Waals surface area (Å²) < 4.78 is 5.29. The lowest BCUT2D eigenvalue weighted by Gasteiger charge is -2.24. The molecular formula is C20H26N4O3. The lowest BCUT2D eigenvalue weighted by molar-refractivity contribution is 0.241. The van der Waals surface area contributed by atoms with Crippen molar-refractivity contribution in [1.82, 2.24) is 10.6 Å². The molecular weight excluding hydrogens is 344 g/mol. The van der Waals surface area contributed by atoms with E-state index in [1.165, 1.54) is 0 Å². The van der Waals surface area contributed by atoms with E-state index in [4.69, 9.17) is 4.74 Å². The standard InChI is InChI=1S/C20H26N4O3/c1-3-21-19(25)22-14-9-15-24(16-10-5-4-6-11-16)20(26)23-17-12-7-8-13-18(17)27-2/h4-8,10-13H,3,9,14-15H2,1-2H3,(H,23,26)(H2,21,22,25). The maximum Gasteiger partial charge on any atom is 0.326 e. The third kappa shape index (κ3) is 6.22. The first-order valence-electron chi connectivity index (χ1n) is 8.94. The summed E-state index contributed by atoms with van der Waals surface area (Å²) >= 11 is 0. The molecule has 0 radical (unpaired) electrons. The number of carbonyl (C=O) groups excluding carboxylic acids is 2. The van der Waals surface area contributed by atoms with Gasteiger partial charge in [-0.3, -0.25) is 4.90 Å². The van der Waals surface area contributed by atoms with Crippen molar-refractivity contribution in [2.45, 2.75) is 13.3 Å². The number of amides is 4. The molecule has 0 heterocycles. The minimum absolute atomic E-state index is 0.206. The molecule has 0 aliphatic carbocycles. The maximum absolute atomic E-state index is 12.9. The molecule has 0 fully saturated rings. The van der Waals surface area contributed by atoms with Crippen LogP contribution in [0.3, 0.4) is 0 Å². The van der Waals surface area contributed by atoms with Gasteiger partial charge in [-0.05, 0) is 37.6 Å². The van der Waals surface area contributed by atoms with Crippen molar-refractivity contribution in [2.24, 2.45) is 0 Å². The van der Waals surface area contributed by atoms with Crippen LogP contribution in [0.15, 0.2) is 54.6 Å². The fourth-order valence-electron chi connectivity index (χ4n) is 2.55. The molecule has 4 amide bonds. The van der Waals surface area contributed by atoms with Gasteiger partial charge in [0.15, 0.2) is 0 Å². The van der Waals surface area contributed by atoms with Crippen LogP contribution in [-0.4, -0.2) is 38.8 Å². The summed E-state index contributed by atoms with van der Waals surface area (Å²) in [5.74, 6) is 0.594. The lowest BCUT2D eigenvalue weighted by atomic mass is 10.2. The summed E-state index contributed by atoms with van der Waals surface area (Å²) in [7, 11) is 1.56. The number of hydrogen-bond donors (Lipinski definition) is 3. The van der Waals surface area contributed by atoms with Crippen LogP contribution in [0.2, 0.25) is 0 Å². The summed E-state index contributed by atoms with van der Waals surface area (Å²) in [4.78, 5) is 26.0. The molecule has 144 valence electrons. The van der Waals surface area contributed by atoms with Gasteiger partial charge in [-0.25, -0.2) is 9.59 Å². The number of urea groups is 2. The Balaban J connectivity index is 2.04. The first-order chi connectivity index (χ1) is 13.2. The predicted molar refractivity (Wildman–Crippen MR) is 107 cm³/mol. The molecule has 0 aromatic heterocycles. The number of para-hydroxylation sites is 3. The van der Waals surface area contributed by atoms with Crippen molar-refractivity contribution >= 4 is 23.4 Å². The fourth-order valence-corrected chi connectivity index (χ4v) is 2.55. The van der Waals surface area contributed by atoms with E-state index in [0.717, 1.165) is 5.69 Å². The van der Waals surface area contributed by atoms with E-state index < -0.39 is 0 Å². The summed E-state index contributed by atoms with van der Waals surface area (Å²) in [5, 5.41) is 8.34. The first-order valence-corrected chi connectivity index (χ1v) is 8.94. The Bertz CT molecular complexity index is 737. The van der Waals surface area contributed by atoms with E-state index in [-0.39, 0.29) is 12.1 Å². The molecule has 2 aromatic carbocycles. The number of nitrogens with one attached hydrogen (secondary N) is 3. The van der Waals surface area contributed by atoms with Gasteiger partial charge in [0.05, 0.1) is 12.8 Å². The van der Waals surface area contributed by atoms with E-state index in [1.807, 2.05) is 49.4 Å². The molecule has 2 rings (SSSR count). The maximum atomic E-state index is 12.9. The van der Waals surface area contributed by atoms with Gasteiger partial charge >= 0.3 is 12.1 Å². The number of carbonyl (C=O) groups is 2. The summed E-state index contributed by atoms with van der Waals surface area (Å²) in [5.41, 5.74) is 1.38. The van der Waals surface area contributed by atoms with E-state index >= 15 is 0 Å². The normalized spacial score (nSPS) is 10.0. The molecule has 0 saturated carbocycles. The monoisotopic (exact) mass is 370 g/mol. The van der Waals surface area contributed by atoms with Gasteiger partial charge in [-0.15, -0.1) is 0 Å². The zero-order chi connectivity index (χ0) is 19.5. The molecule has 27 heavy (non-hydrogen) atoms. The predicted octanol–water partition coefficient (Wildman–Crippen LogP) is 3.44. The highest BCUT2D eigenvalue weighted by Crippen LogP contribution is 2.24. The van der Waals surface area contributed by atoms with Crippen LogP contribution in [0, 0.1) is 0 Å². The van der Waals surface area contributed by atoms with Gasteiger partial charge in [-0.2, -0.15) is 0 Å². The highest BCUT2D eigenvalue weighted by atomic mass is 16.5. The third-order valence-corrected chi connectivity index (χ3v) is 3.84. The van der Waals surface area contributed by atoms with Crippen molar-refractivity contribution in [2.75, 3.05) is 37.0 Å². The average molecular weight is 370 g/mol. The Morgan fingerprint density at radius 2 is 1.70 bits per heavy atom. The number of nitrogens with zero attached hydrogens (tertiary/aromatic N) is 1. The summed E-state index contributed by atoms with van der Waals surface area (Å²) in [6.07, 6.45) is 0.616. The van der Waals surface area contributed by atoms with E-state index in [2.05, 4.69) is 16.0 Å². The Labute approximate surface area is 159 Å². The molecule has 0 bridgehead atoms. The number of methoxy groups -OCH3 is 1. The molecule has 0 saturated heterocycles. The van der Waals surface area contributed by atoms with Gasteiger partial charge in [0.1, 0.15) is 5.75 Å². The molecule has 0 aliphatic rings. The molecule has 0 aliphatic heterocycles. The van der Waals surface area contributed by atoms with Crippen LogP contribution < -0.4 is 25.6 Å². The number of hydrogen-bond acceptors (Lipinski definition) is 3.